The number of ether oxygens (including phenoxy) is 1. The van der Waals surface area contributed by atoms with Gasteiger partial charge in [-0.3, -0.25) is 4.79 Å². The van der Waals surface area contributed by atoms with Crippen molar-refractivity contribution in [3.05, 3.63) is 69.1 Å². The molecule has 5 rings (SSSR count). The molecule has 5 aromatic carbocycles. The summed E-state index contributed by atoms with van der Waals surface area (Å²) in [6.07, 6.45) is 2.05. The van der Waals surface area contributed by atoms with Crippen LogP contribution in [0.2, 0.25) is 0 Å². The van der Waals surface area contributed by atoms with E-state index in [1.54, 1.807) is 0 Å². The molecule has 0 aliphatic heterocycles. The first kappa shape index (κ1) is 18.8. The third kappa shape index (κ3) is 2.92. The number of benzene rings is 5. The lowest BCUT2D eigenvalue weighted by atomic mass is 9.87. The molecular weight excluding hydrogens is 492 g/mol. The van der Waals surface area contributed by atoms with Crippen LogP contribution in [-0.4, -0.2) is 13.1 Å². The standard InChI is InChI=1S/C25H18Br2O2/c1-29-22(28)7-2-4-14-8-9-17-16-10-12-20(26)19-6-3-5-15(24(16)19)18-11-13-21(27)23(14)25(17)18/h3,5-6,8-13H,2,4,7H2,1H3. The van der Waals surface area contributed by atoms with Crippen molar-refractivity contribution in [2.75, 3.05) is 7.11 Å². The fourth-order valence-corrected chi connectivity index (χ4v) is 5.57. The van der Waals surface area contributed by atoms with Gasteiger partial charge in [0.2, 0.25) is 0 Å². The highest BCUT2D eigenvalue weighted by Gasteiger charge is 2.17. The number of fused-ring (bicyclic) bond motifs is 2. The van der Waals surface area contributed by atoms with E-state index in [1.165, 1.54) is 55.8 Å². The largest absolute Gasteiger partial charge is 0.469 e. The SMILES string of the molecule is COC(=O)CCCc1ccc2c3ccc(Br)c4cccc(c5ccc(Br)c1c52)c43. The summed E-state index contributed by atoms with van der Waals surface area (Å²) >= 11 is 7.51. The molecule has 0 aliphatic rings. The summed E-state index contributed by atoms with van der Waals surface area (Å²) in [5, 5.41) is 10.2. The zero-order valence-corrected chi connectivity index (χ0v) is 19.1. The molecule has 0 saturated carbocycles. The smallest absolute Gasteiger partial charge is 0.305 e. The minimum Gasteiger partial charge on any atom is -0.469 e. The van der Waals surface area contributed by atoms with Gasteiger partial charge in [-0.15, -0.1) is 0 Å². The second-order valence-electron chi connectivity index (χ2n) is 7.37. The van der Waals surface area contributed by atoms with Crippen molar-refractivity contribution in [3.63, 3.8) is 0 Å². The Balaban J connectivity index is 1.83. The maximum absolute atomic E-state index is 11.5. The third-order valence-corrected chi connectivity index (χ3v) is 7.17. The van der Waals surface area contributed by atoms with Crippen LogP contribution in [0.3, 0.4) is 0 Å². The molecule has 0 unspecified atom stereocenters. The van der Waals surface area contributed by atoms with Crippen molar-refractivity contribution in [1.82, 2.24) is 0 Å². The van der Waals surface area contributed by atoms with Crippen LogP contribution in [0, 0.1) is 0 Å². The molecule has 0 amide bonds. The molecule has 0 atom stereocenters. The molecule has 5 aromatic rings. The molecule has 0 saturated heterocycles. The highest BCUT2D eigenvalue weighted by molar-refractivity contribution is 9.11. The van der Waals surface area contributed by atoms with Crippen molar-refractivity contribution in [1.29, 1.82) is 0 Å². The molecule has 0 fully saturated rings. The average Bonchev–Trinajstić information content (AvgIpc) is 2.74. The van der Waals surface area contributed by atoms with E-state index in [0.717, 1.165) is 21.8 Å². The molecular formula is C25H18Br2O2. The molecule has 0 N–H and O–H groups in total. The zero-order valence-electron chi connectivity index (χ0n) is 15.9. The molecule has 144 valence electrons. The van der Waals surface area contributed by atoms with E-state index < -0.39 is 0 Å². The number of hydrogen-bond donors (Lipinski definition) is 0. The number of hydrogen-bond acceptors (Lipinski definition) is 2. The van der Waals surface area contributed by atoms with Gasteiger partial charge < -0.3 is 4.74 Å². The molecule has 0 heterocycles. The van der Waals surface area contributed by atoms with Gasteiger partial charge in [-0.1, -0.05) is 74.3 Å². The molecule has 4 heteroatoms. The maximum atomic E-state index is 11.5. The molecule has 0 aromatic heterocycles. The number of halogens is 2. The van der Waals surface area contributed by atoms with Gasteiger partial charge in [0.25, 0.3) is 0 Å². The first-order valence-electron chi connectivity index (χ1n) is 9.63. The van der Waals surface area contributed by atoms with Gasteiger partial charge in [-0.05, 0) is 68.2 Å². The van der Waals surface area contributed by atoms with E-state index in [-0.39, 0.29) is 5.97 Å². The van der Waals surface area contributed by atoms with E-state index in [2.05, 4.69) is 86.5 Å². The minimum atomic E-state index is -0.155. The van der Waals surface area contributed by atoms with Gasteiger partial charge in [0.1, 0.15) is 0 Å². The zero-order chi connectivity index (χ0) is 20.1. The normalized spacial score (nSPS) is 11.8. The maximum Gasteiger partial charge on any atom is 0.305 e. The van der Waals surface area contributed by atoms with Crippen LogP contribution >= 0.6 is 31.9 Å². The molecule has 0 radical (unpaired) electrons. The summed E-state index contributed by atoms with van der Waals surface area (Å²) in [6, 6.07) is 19.7. The third-order valence-electron chi connectivity index (χ3n) is 5.82. The monoisotopic (exact) mass is 508 g/mol. The lowest BCUT2D eigenvalue weighted by molar-refractivity contribution is -0.140. The fourth-order valence-electron chi connectivity index (χ4n) is 4.52. The van der Waals surface area contributed by atoms with Crippen LogP contribution in [0.5, 0.6) is 0 Å². The Morgan fingerprint density at radius 1 is 0.759 bits per heavy atom. The van der Waals surface area contributed by atoms with Crippen molar-refractivity contribution >= 4 is 80.9 Å². The van der Waals surface area contributed by atoms with Crippen LogP contribution in [0.15, 0.2) is 63.5 Å². The number of carbonyl (C=O) groups is 1. The molecule has 29 heavy (non-hydrogen) atoms. The van der Waals surface area contributed by atoms with E-state index >= 15 is 0 Å². The number of esters is 1. The van der Waals surface area contributed by atoms with Crippen LogP contribution in [0.1, 0.15) is 18.4 Å². The average molecular weight is 510 g/mol. The van der Waals surface area contributed by atoms with Crippen molar-refractivity contribution in [3.8, 4) is 0 Å². The van der Waals surface area contributed by atoms with Crippen LogP contribution in [-0.2, 0) is 16.0 Å². The Hall–Kier alpha value is -2.17. The Bertz CT molecular complexity index is 1380. The number of carbonyl (C=O) groups excluding carboxylic acids is 1. The number of aryl methyl sites for hydroxylation is 1. The van der Waals surface area contributed by atoms with E-state index in [9.17, 15) is 4.79 Å². The van der Waals surface area contributed by atoms with Crippen LogP contribution in [0.4, 0.5) is 0 Å². The first-order valence-corrected chi connectivity index (χ1v) is 11.2. The van der Waals surface area contributed by atoms with Crippen molar-refractivity contribution in [2.24, 2.45) is 0 Å². The Kier molecular flexibility index (Phi) is 4.72. The topological polar surface area (TPSA) is 26.3 Å². The Morgan fingerprint density at radius 2 is 1.38 bits per heavy atom. The van der Waals surface area contributed by atoms with Gasteiger partial charge in [-0.25, -0.2) is 0 Å². The van der Waals surface area contributed by atoms with Crippen molar-refractivity contribution in [2.45, 2.75) is 19.3 Å². The highest BCUT2D eigenvalue weighted by atomic mass is 79.9. The van der Waals surface area contributed by atoms with Gasteiger partial charge in [-0.2, -0.15) is 0 Å². The van der Waals surface area contributed by atoms with Gasteiger partial charge in [0, 0.05) is 20.8 Å². The minimum absolute atomic E-state index is 0.155. The highest BCUT2D eigenvalue weighted by Crippen LogP contribution is 2.44. The molecule has 0 spiro atoms. The van der Waals surface area contributed by atoms with Gasteiger partial charge in [0.15, 0.2) is 0 Å². The van der Waals surface area contributed by atoms with Crippen molar-refractivity contribution < 1.29 is 9.53 Å². The summed E-state index contributed by atoms with van der Waals surface area (Å²) in [5.74, 6) is -0.155. The molecule has 0 bridgehead atoms. The van der Waals surface area contributed by atoms with Gasteiger partial charge in [0.05, 0.1) is 7.11 Å². The predicted molar refractivity (Wildman–Crippen MR) is 128 cm³/mol. The second kappa shape index (κ2) is 7.26. The van der Waals surface area contributed by atoms with E-state index in [1.807, 2.05) is 0 Å². The summed E-state index contributed by atoms with van der Waals surface area (Å²) < 4.78 is 7.01. The summed E-state index contributed by atoms with van der Waals surface area (Å²) in [4.78, 5) is 11.5. The second-order valence-corrected chi connectivity index (χ2v) is 9.08. The summed E-state index contributed by atoms with van der Waals surface area (Å²) in [5.41, 5.74) is 1.26. The lowest BCUT2D eigenvalue weighted by Crippen LogP contribution is -2.01. The van der Waals surface area contributed by atoms with Gasteiger partial charge >= 0.3 is 5.97 Å². The quantitative estimate of drug-likeness (QED) is 0.140. The fraction of sp³-hybridized carbons (Fsp3) is 0.160. The van der Waals surface area contributed by atoms with E-state index in [4.69, 9.17) is 4.74 Å². The van der Waals surface area contributed by atoms with E-state index in [0.29, 0.717) is 6.42 Å². The summed E-state index contributed by atoms with van der Waals surface area (Å²) in [7, 11) is 1.44. The number of methoxy groups -OCH3 is 1. The van der Waals surface area contributed by atoms with Crippen LogP contribution < -0.4 is 0 Å². The molecule has 0 aliphatic carbocycles. The Morgan fingerprint density at radius 3 is 2.14 bits per heavy atom. The molecule has 2 nitrogen and oxygen atoms in total. The summed E-state index contributed by atoms with van der Waals surface area (Å²) in [6.45, 7) is 0. The Labute approximate surface area is 185 Å². The number of rotatable bonds is 4. The van der Waals surface area contributed by atoms with Crippen LogP contribution in [0.25, 0.3) is 43.1 Å². The first-order chi connectivity index (χ1) is 14.1. The predicted octanol–water partition coefficient (Wildman–Crippen LogP) is 7.76. The lowest BCUT2D eigenvalue weighted by Gasteiger charge is -2.18.